The van der Waals surface area contributed by atoms with Crippen LogP contribution in [-0.4, -0.2) is 89.4 Å². The molecule has 8 bridgehead atoms. The lowest BCUT2D eigenvalue weighted by Crippen LogP contribution is -2.58. The number of aromatic nitrogens is 4. The first kappa shape index (κ1) is 52.0. The van der Waals surface area contributed by atoms with E-state index in [0.29, 0.717) is 35.7 Å². The molecular weight excluding hydrogens is 924 g/mol. The van der Waals surface area contributed by atoms with Crippen molar-refractivity contribution in [2.75, 3.05) is 13.2 Å². The summed E-state index contributed by atoms with van der Waals surface area (Å²) in [5.41, 5.74) is 2.04. The maximum absolute atomic E-state index is 13.3. The van der Waals surface area contributed by atoms with E-state index >= 15 is 0 Å². The molecule has 0 amide bonds. The van der Waals surface area contributed by atoms with Crippen LogP contribution in [0.15, 0.2) is 58.1 Å². The van der Waals surface area contributed by atoms with Crippen molar-refractivity contribution in [3.05, 3.63) is 80.6 Å². The van der Waals surface area contributed by atoms with Gasteiger partial charge in [0.25, 0.3) is 19.6 Å². The Bertz CT molecular complexity index is 2700. The first-order valence-electron chi connectivity index (χ1n) is 27.6. The molecule has 72 heavy (non-hydrogen) atoms. The Morgan fingerprint density at radius 3 is 1.35 bits per heavy atom. The molecule has 0 spiro atoms. The summed E-state index contributed by atoms with van der Waals surface area (Å²) in [6, 6.07) is 21.2. The van der Waals surface area contributed by atoms with Gasteiger partial charge in [-0.05, 0) is 152 Å². The molecule has 4 saturated heterocycles. The second-order valence-electron chi connectivity index (χ2n) is 22.3. The largest absolute Gasteiger partial charge is 0.476 e. The minimum atomic E-state index is -1.24. The van der Waals surface area contributed by atoms with Crippen molar-refractivity contribution in [1.82, 2.24) is 28.9 Å². The molecule has 15 heteroatoms. The van der Waals surface area contributed by atoms with Gasteiger partial charge in [0.05, 0.1) is 22.1 Å². The molecule has 8 fully saturated rings. The zero-order valence-corrected chi connectivity index (χ0v) is 43.4. The van der Waals surface area contributed by atoms with E-state index in [-0.39, 0.29) is 29.0 Å². The Morgan fingerprint density at radius 2 is 0.972 bits per heavy atom. The third-order valence-corrected chi connectivity index (χ3v) is 18.2. The van der Waals surface area contributed by atoms with Crippen LogP contribution in [0.4, 0.5) is 0 Å². The van der Waals surface area contributed by atoms with Crippen LogP contribution in [0.2, 0.25) is 0 Å². The third-order valence-electron chi connectivity index (χ3n) is 18.1. The monoisotopic (exact) mass is 999 g/mol. The highest BCUT2D eigenvalue weighted by molar-refractivity contribution is 7.29. The van der Waals surface area contributed by atoms with Crippen molar-refractivity contribution < 1.29 is 19.2 Å². The number of nitriles is 2. The summed E-state index contributed by atoms with van der Waals surface area (Å²) in [6.07, 6.45) is 28.4. The van der Waals surface area contributed by atoms with Gasteiger partial charge >= 0.3 is 5.97 Å². The summed E-state index contributed by atoms with van der Waals surface area (Å²) in [4.78, 5) is 52.6. The van der Waals surface area contributed by atoms with Crippen molar-refractivity contribution in [3.8, 4) is 11.9 Å². The van der Waals surface area contributed by atoms with Crippen LogP contribution in [0.3, 0.4) is 0 Å². The lowest BCUT2D eigenvalue weighted by Gasteiger charge is -2.55. The van der Waals surface area contributed by atoms with E-state index in [1.807, 2.05) is 73.0 Å². The van der Waals surface area contributed by atoms with Gasteiger partial charge in [0.15, 0.2) is 5.81 Å². The second kappa shape index (κ2) is 24.0. The summed E-state index contributed by atoms with van der Waals surface area (Å²) >= 11 is 0. The Morgan fingerprint density at radius 1 is 0.583 bits per heavy atom. The molecule has 2 aromatic carbocycles. The van der Waals surface area contributed by atoms with E-state index in [1.165, 1.54) is 121 Å². The molecule has 10 atom stereocenters. The summed E-state index contributed by atoms with van der Waals surface area (Å²) in [5, 5.41) is 26.4. The number of aromatic carboxylic acids is 1. The van der Waals surface area contributed by atoms with E-state index in [4.69, 9.17) is 14.6 Å². The zero-order chi connectivity index (χ0) is 50.3. The summed E-state index contributed by atoms with van der Waals surface area (Å²) in [6.45, 7) is 5.67. The number of fused-ring (bicyclic) bond motifs is 10. The molecular formula is C57H75N8O6P. The van der Waals surface area contributed by atoms with Gasteiger partial charge in [0, 0.05) is 61.5 Å². The maximum Gasteiger partial charge on any atom is 0.360 e. The quantitative estimate of drug-likeness (QED) is 0.173. The fraction of sp³-hybridized carbons (Fsp3) is 0.667. The number of hydrogen-bond donors (Lipinski definition) is 1. The minimum absolute atomic E-state index is 0.0337. The van der Waals surface area contributed by atoms with Gasteiger partial charge in [0.1, 0.15) is 6.07 Å². The highest BCUT2D eigenvalue weighted by atomic mass is 31.1. The average molecular weight is 999 g/mol. The predicted molar refractivity (Wildman–Crippen MR) is 279 cm³/mol. The van der Waals surface area contributed by atoms with Crippen molar-refractivity contribution in [1.29, 1.82) is 10.5 Å². The molecule has 4 aliphatic carbocycles. The number of piperidine rings is 4. The van der Waals surface area contributed by atoms with Gasteiger partial charge in [0.2, 0.25) is 11.4 Å². The maximum atomic E-state index is 13.3. The van der Waals surface area contributed by atoms with Crippen molar-refractivity contribution in [2.24, 2.45) is 23.7 Å². The van der Waals surface area contributed by atoms with Crippen LogP contribution in [0.1, 0.15) is 183 Å². The molecule has 6 heterocycles. The Balaban J connectivity index is 0.000000153. The van der Waals surface area contributed by atoms with Gasteiger partial charge < -0.3 is 19.0 Å². The fourth-order valence-electron chi connectivity index (χ4n) is 15.7. The van der Waals surface area contributed by atoms with E-state index in [0.717, 1.165) is 85.2 Å². The van der Waals surface area contributed by atoms with Crippen LogP contribution in [0.25, 0.3) is 22.1 Å². The van der Waals surface area contributed by atoms with Crippen LogP contribution in [0.5, 0.6) is 0 Å². The minimum Gasteiger partial charge on any atom is -0.476 e. The van der Waals surface area contributed by atoms with Crippen molar-refractivity contribution >= 4 is 36.5 Å². The number of carboxylic acids is 1. The topological polar surface area (TPSA) is 187 Å². The standard InChI is InChI=1S/C26H32N4O.C26H33N3O3.C4H10O.CNOP/c27-16-24-26(31)30(25-10-2-1-9-23(25)28-24)22-14-19-7-4-8-20(15-22)29(19)21-12-17-5-3-6-18(11-17)13-21;30-25-24(26(31)32)27-22-9-1-2-10-23(22)29(25)21-14-18-7-4-8-19(15-21)28(18)20-12-16-5-3-6-17(11-16)13-20;1-3-5-4-2;2-1-4-3/h1-2,9-10,17-22H,3-8,11-15H2;1-2,9-10,16-21H,3-8,11-15H2,(H,31,32);3-4H2,1-2H3;/t17?,18?,19-,20+,21?,22?;16?,17?,18-,19+,20?,21?;;. The summed E-state index contributed by atoms with van der Waals surface area (Å²) in [7, 11) is -0.446. The molecule has 14 nitrogen and oxygen atoms in total. The van der Waals surface area contributed by atoms with Crippen molar-refractivity contribution in [3.63, 3.8) is 0 Å². The zero-order valence-electron chi connectivity index (χ0n) is 42.5. The molecule has 6 unspecified atom stereocenters. The normalized spacial score (nSPS) is 31.8. The first-order valence-corrected chi connectivity index (χ1v) is 28.4. The van der Waals surface area contributed by atoms with Crippen LogP contribution in [-0.2, 0) is 9.30 Å². The van der Waals surface area contributed by atoms with Gasteiger partial charge in [-0.2, -0.15) is 10.5 Å². The van der Waals surface area contributed by atoms with E-state index in [9.17, 15) is 24.8 Å². The highest BCUT2D eigenvalue weighted by Crippen LogP contribution is 2.49. The Labute approximate surface area is 426 Å². The van der Waals surface area contributed by atoms with Gasteiger partial charge in [-0.1, -0.05) is 75.6 Å². The molecule has 4 aliphatic heterocycles. The lowest BCUT2D eigenvalue weighted by molar-refractivity contribution is -0.0487. The average Bonchev–Trinajstić information content (AvgIpc) is 3.38. The number of carbonyl (C=O) groups is 1. The number of ether oxygens (including phenoxy) is 1. The van der Waals surface area contributed by atoms with Crippen LogP contribution in [0, 0.1) is 46.1 Å². The number of nitrogens with zero attached hydrogens (tertiary/aromatic N) is 8. The summed E-state index contributed by atoms with van der Waals surface area (Å²) < 4.78 is 17.5. The number of benzene rings is 2. The second-order valence-corrected chi connectivity index (χ2v) is 22.7. The van der Waals surface area contributed by atoms with Crippen LogP contribution < -0.4 is 11.1 Å². The molecule has 8 aliphatic rings. The SMILES string of the molecule is CCOCC.N#CP=O.N#Cc1nc2ccccc2n(C2C[C@H]3CCC[C@@H](C2)N3C2CC3CCCC(C3)C2)c1=O.O=C(O)c1nc2ccccc2n(C2C[C@H]3CCC[C@@H](C2)N3C2CC3CCCC(C3)C2)c1=O. The van der Waals surface area contributed by atoms with Gasteiger partial charge in [-0.15, -0.1) is 0 Å². The Kier molecular flexibility index (Phi) is 17.3. The van der Waals surface area contributed by atoms with E-state index in [2.05, 4.69) is 19.8 Å². The van der Waals surface area contributed by atoms with E-state index < -0.39 is 20.0 Å². The number of hydrogen-bond acceptors (Lipinski definition) is 11. The molecule has 1 N–H and O–H groups in total. The molecule has 12 rings (SSSR count). The van der Waals surface area contributed by atoms with Gasteiger partial charge in [-0.25, -0.2) is 14.8 Å². The number of para-hydroxylation sites is 4. The number of rotatable bonds is 7. The lowest BCUT2D eigenvalue weighted by atomic mass is 9.68. The summed E-state index contributed by atoms with van der Waals surface area (Å²) in [5.74, 6) is 3.83. The smallest absolute Gasteiger partial charge is 0.360 e. The van der Waals surface area contributed by atoms with Crippen LogP contribution >= 0.6 is 8.46 Å². The highest BCUT2D eigenvalue weighted by Gasteiger charge is 2.47. The molecule has 4 saturated carbocycles. The molecule has 4 aromatic rings. The third kappa shape index (κ3) is 11.3. The van der Waals surface area contributed by atoms with Crippen molar-refractivity contribution in [2.45, 2.75) is 203 Å². The number of carboxylic acid groups (broad SMARTS) is 1. The molecule has 384 valence electrons. The van der Waals surface area contributed by atoms with Gasteiger partial charge in [-0.3, -0.25) is 24.0 Å². The fourth-order valence-corrected chi connectivity index (χ4v) is 15.7. The molecule has 0 radical (unpaired) electrons. The Hall–Kier alpha value is -4.85. The first-order chi connectivity index (χ1) is 35.1. The predicted octanol–water partition coefficient (Wildman–Crippen LogP) is 11.2. The van der Waals surface area contributed by atoms with E-state index in [1.54, 1.807) is 4.57 Å². The molecule has 2 aromatic heterocycles.